The Morgan fingerprint density at radius 1 is 1.10 bits per heavy atom. The fourth-order valence-corrected chi connectivity index (χ4v) is 3.18. The van der Waals surface area contributed by atoms with Gasteiger partial charge in [0.25, 0.3) is 10.0 Å². The normalized spacial score (nSPS) is 11.7. The van der Waals surface area contributed by atoms with Gasteiger partial charge in [0.15, 0.2) is 11.0 Å². The van der Waals surface area contributed by atoms with E-state index in [0.29, 0.717) is 0 Å². The number of fused-ring (bicyclic) bond motifs is 1. The first-order valence-corrected chi connectivity index (χ1v) is 7.57. The van der Waals surface area contributed by atoms with Crippen LogP contribution in [0, 0.1) is 0 Å². The molecule has 0 fully saturated rings. The van der Waals surface area contributed by atoms with Crippen LogP contribution in [0.1, 0.15) is 0 Å². The Hall–Kier alpha value is -2.32. The van der Waals surface area contributed by atoms with Crippen molar-refractivity contribution in [2.75, 3.05) is 4.72 Å². The standard InChI is InChI=1S/C12H8ClN3O4S/c13-7-5-6-10(12-11(7)14-20-15-12)21(18,19)16-8-3-1-2-4-9(8)17/h1-6,16-17H. The first-order valence-electron chi connectivity index (χ1n) is 5.70. The van der Waals surface area contributed by atoms with Crippen molar-refractivity contribution < 1.29 is 18.2 Å². The molecule has 0 saturated heterocycles. The maximum Gasteiger partial charge on any atom is 0.264 e. The zero-order chi connectivity index (χ0) is 15.0. The van der Waals surface area contributed by atoms with Gasteiger partial charge < -0.3 is 5.11 Å². The summed E-state index contributed by atoms with van der Waals surface area (Å²) < 4.78 is 31.6. The van der Waals surface area contributed by atoms with Crippen LogP contribution in [0.15, 0.2) is 45.9 Å². The Balaban J connectivity index is 2.11. The van der Waals surface area contributed by atoms with E-state index >= 15 is 0 Å². The Morgan fingerprint density at radius 3 is 2.57 bits per heavy atom. The number of nitrogens with zero attached hydrogens (tertiary/aromatic N) is 2. The number of benzene rings is 2. The summed E-state index contributed by atoms with van der Waals surface area (Å²) in [4.78, 5) is -0.147. The van der Waals surface area contributed by atoms with E-state index in [1.54, 1.807) is 12.1 Å². The predicted molar refractivity (Wildman–Crippen MR) is 75.7 cm³/mol. The van der Waals surface area contributed by atoms with E-state index in [2.05, 4.69) is 19.7 Å². The molecule has 1 aromatic heterocycles. The van der Waals surface area contributed by atoms with Gasteiger partial charge in [-0.05, 0) is 34.6 Å². The van der Waals surface area contributed by atoms with Crippen LogP contribution < -0.4 is 4.72 Å². The van der Waals surface area contributed by atoms with Gasteiger partial charge in [-0.15, -0.1) is 0 Å². The van der Waals surface area contributed by atoms with Gasteiger partial charge in [0, 0.05) is 0 Å². The van der Waals surface area contributed by atoms with Crippen LogP contribution in [0.5, 0.6) is 5.75 Å². The molecule has 0 bridgehead atoms. The number of hydrogen-bond donors (Lipinski definition) is 2. The number of phenolic OH excluding ortho intramolecular Hbond substituents is 1. The second kappa shape index (κ2) is 4.90. The van der Waals surface area contributed by atoms with Crippen molar-refractivity contribution in [3.8, 4) is 5.75 Å². The van der Waals surface area contributed by atoms with Crippen LogP contribution in [-0.2, 0) is 10.0 Å². The zero-order valence-corrected chi connectivity index (χ0v) is 11.9. The van der Waals surface area contributed by atoms with E-state index in [4.69, 9.17) is 11.6 Å². The molecular weight excluding hydrogens is 318 g/mol. The lowest BCUT2D eigenvalue weighted by atomic mass is 10.3. The highest BCUT2D eigenvalue weighted by Crippen LogP contribution is 2.30. The molecule has 0 unspecified atom stereocenters. The number of para-hydroxylation sites is 2. The number of aromatic hydroxyl groups is 1. The number of sulfonamides is 1. The highest BCUT2D eigenvalue weighted by molar-refractivity contribution is 7.93. The summed E-state index contributed by atoms with van der Waals surface area (Å²) in [6.07, 6.45) is 0. The quantitative estimate of drug-likeness (QED) is 0.716. The van der Waals surface area contributed by atoms with Crippen LogP contribution >= 0.6 is 11.6 Å². The highest BCUT2D eigenvalue weighted by Gasteiger charge is 2.22. The maximum atomic E-state index is 12.4. The molecule has 0 spiro atoms. The largest absolute Gasteiger partial charge is 0.506 e. The SMILES string of the molecule is O=S(=O)(Nc1ccccc1O)c1ccc(Cl)c2nonc12. The number of phenols is 1. The van der Waals surface area contributed by atoms with Crippen molar-refractivity contribution in [3.05, 3.63) is 41.4 Å². The van der Waals surface area contributed by atoms with E-state index in [0.717, 1.165) is 0 Å². The summed E-state index contributed by atoms with van der Waals surface area (Å²) in [5, 5.41) is 17.0. The second-order valence-electron chi connectivity index (χ2n) is 4.13. The monoisotopic (exact) mass is 325 g/mol. The minimum atomic E-state index is -3.98. The van der Waals surface area contributed by atoms with Crippen molar-refractivity contribution in [2.45, 2.75) is 4.90 Å². The lowest BCUT2D eigenvalue weighted by Gasteiger charge is -2.09. The Morgan fingerprint density at radius 2 is 1.81 bits per heavy atom. The van der Waals surface area contributed by atoms with Gasteiger partial charge in [0.05, 0.1) is 10.7 Å². The molecule has 0 aliphatic rings. The van der Waals surface area contributed by atoms with E-state index in [9.17, 15) is 13.5 Å². The third kappa shape index (κ3) is 2.39. The molecule has 2 aromatic carbocycles. The second-order valence-corrected chi connectivity index (χ2v) is 6.19. The number of rotatable bonds is 3. The molecule has 9 heteroatoms. The number of anilines is 1. The van der Waals surface area contributed by atoms with Crippen LogP contribution in [-0.4, -0.2) is 23.8 Å². The highest BCUT2D eigenvalue weighted by atomic mass is 35.5. The average Bonchev–Trinajstić information content (AvgIpc) is 2.91. The molecule has 2 N–H and O–H groups in total. The third-order valence-corrected chi connectivity index (χ3v) is 4.47. The number of halogens is 1. The molecule has 0 aliphatic heterocycles. The van der Waals surface area contributed by atoms with Crippen molar-refractivity contribution >= 4 is 38.3 Å². The summed E-state index contributed by atoms with van der Waals surface area (Å²) >= 11 is 5.89. The van der Waals surface area contributed by atoms with Gasteiger partial charge >= 0.3 is 0 Å². The number of nitrogens with one attached hydrogen (secondary N) is 1. The Kier molecular flexibility index (Phi) is 3.19. The lowest BCUT2D eigenvalue weighted by molar-refractivity contribution is 0.315. The molecule has 0 atom stereocenters. The lowest BCUT2D eigenvalue weighted by Crippen LogP contribution is -2.13. The molecule has 3 rings (SSSR count). The summed E-state index contributed by atoms with van der Waals surface area (Å²) in [7, 11) is -3.98. The van der Waals surface area contributed by atoms with Crippen LogP contribution in [0.3, 0.4) is 0 Å². The topological polar surface area (TPSA) is 105 Å². The van der Waals surface area contributed by atoms with Crippen molar-refractivity contribution in [1.29, 1.82) is 0 Å². The summed E-state index contributed by atoms with van der Waals surface area (Å²) in [6.45, 7) is 0. The molecule has 21 heavy (non-hydrogen) atoms. The third-order valence-electron chi connectivity index (χ3n) is 2.77. The molecule has 3 aromatic rings. The van der Waals surface area contributed by atoms with E-state index in [-0.39, 0.29) is 32.4 Å². The van der Waals surface area contributed by atoms with E-state index in [1.165, 1.54) is 24.3 Å². The maximum absolute atomic E-state index is 12.4. The smallest absolute Gasteiger partial charge is 0.264 e. The Labute approximate surface area is 124 Å². The molecule has 0 radical (unpaired) electrons. The molecule has 0 aliphatic carbocycles. The summed E-state index contributed by atoms with van der Waals surface area (Å²) in [5.41, 5.74) is 0.222. The van der Waals surface area contributed by atoms with Gasteiger partial charge in [-0.3, -0.25) is 4.72 Å². The molecule has 1 heterocycles. The zero-order valence-electron chi connectivity index (χ0n) is 10.3. The Bertz CT molecular complexity index is 923. The minimum Gasteiger partial charge on any atom is -0.506 e. The van der Waals surface area contributed by atoms with Gasteiger partial charge in [-0.2, -0.15) is 0 Å². The van der Waals surface area contributed by atoms with Gasteiger partial charge in [0.1, 0.15) is 10.6 Å². The fourth-order valence-electron chi connectivity index (χ4n) is 1.79. The van der Waals surface area contributed by atoms with Crippen molar-refractivity contribution in [2.24, 2.45) is 0 Å². The van der Waals surface area contributed by atoms with E-state index in [1.807, 2.05) is 0 Å². The summed E-state index contributed by atoms with van der Waals surface area (Å²) in [5.74, 6) is -0.190. The molecule has 108 valence electrons. The molecule has 7 nitrogen and oxygen atoms in total. The number of hydrogen-bond acceptors (Lipinski definition) is 6. The van der Waals surface area contributed by atoms with Crippen molar-refractivity contribution in [1.82, 2.24) is 10.3 Å². The molecular formula is C12H8ClN3O4S. The van der Waals surface area contributed by atoms with Gasteiger partial charge in [0.2, 0.25) is 0 Å². The predicted octanol–water partition coefficient (Wildman–Crippen LogP) is 2.38. The van der Waals surface area contributed by atoms with Crippen molar-refractivity contribution in [3.63, 3.8) is 0 Å². The fraction of sp³-hybridized carbons (Fsp3) is 0. The first-order chi connectivity index (χ1) is 9.99. The molecule has 0 saturated carbocycles. The minimum absolute atomic E-state index is 0.0189. The van der Waals surface area contributed by atoms with E-state index < -0.39 is 10.0 Å². The van der Waals surface area contributed by atoms with Crippen LogP contribution in [0.25, 0.3) is 11.0 Å². The number of aromatic nitrogens is 2. The van der Waals surface area contributed by atoms with Crippen LogP contribution in [0.2, 0.25) is 5.02 Å². The molecule has 0 amide bonds. The van der Waals surface area contributed by atoms with Gasteiger partial charge in [-0.25, -0.2) is 13.0 Å². The van der Waals surface area contributed by atoms with Gasteiger partial charge in [-0.1, -0.05) is 23.7 Å². The van der Waals surface area contributed by atoms with Crippen LogP contribution in [0.4, 0.5) is 5.69 Å². The summed E-state index contributed by atoms with van der Waals surface area (Å²) in [6, 6.07) is 8.64. The average molecular weight is 326 g/mol. The first kappa shape index (κ1) is 13.7.